The number of amides is 1. The Morgan fingerprint density at radius 1 is 1.21 bits per heavy atom. The van der Waals surface area contributed by atoms with Crippen molar-refractivity contribution in [1.82, 2.24) is 14.9 Å². The quantitative estimate of drug-likeness (QED) is 0.437. The number of carbonyl (C=O) groups is 1. The second-order valence-corrected chi connectivity index (χ2v) is 9.82. The van der Waals surface area contributed by atoms with E-state index in [0.717, 1.165) is 34.1 Å². The minimum absolute atomic E-state index is 0.127. The van der Waals surface area contributed by atoms with Crippen LogP contribution in [0.15, 0.2) is 35.4 Å². The van der Waals surface area contributed by atoms with Gasteiger partial charge in [-0.25, -0.2) is 9.97 Å². The van der Waals surface area contributed by atoms with E-state index in [9.17, 15) is 4.79 Å². The second-order valence-electron chi connectivity index (χ2n) is 7.41. The van der Waals surface area contributed by atoms with Crippen molar-refractivity contribution in [3.8, 4) is 0 Å². The van der Waals surface area contributed by atoms with Gasteiger partial charge in [-0.2, -0.15) is 0 Å². The van der Waals surface area contributed by atoms with Crippen molar-refractivity contribution < 1.29 is 4.79 Å². The lowest BCUT2D eigenvalue weighted by Crippen LogP contribution is -2.32. The van der Waals surface area contributed by atoms with Gasteiger partial charge in [-0.15, -0.1) is 11.3 Å². The minimum Gasteiger partial charge on any atom is -0.340 e. The number of nitrogens with zero attached hydrogens (tertiary/aromatic N) is 3. The molecule has 0 saturated heterocycles. The first-order valence-corrected chi connectivity index (χ1v) is 11.5. The highest BCUT2D eigenvalue weighted by molar-refractivity contribution is 8.00. The molecule has 0 unspecified atom stereocenters. The predicted molar refractivity (Wildman–Crippen MR) is 117 cm³/mol. The molecule has 1 aliphatic rings. The fraction of sp³-hybridized carbons (Fsp3) is 0.409. The SMILES string of the molecule is Cc1nc(S[C@H](C)C(=O)N(C)Cc2ccccc2)c2c3c(sc2n1)CCCC3. The van der Waals surface area contributed by atoms with Gasteiger partial charge in [0.25, 0.3) is 0 Å². The van der Waals surface area contributed by atoms with Crippen molar-refractivity contribution in [2.75, 3.05) is 7.05 Å². The van der Waals surface area contributed by atoms with Crippen molar-refractivity contribution in [3.05, 3.63) is 52.2 Å². The summed E-state index contributed by atoms with van der Waals surface area (Å²) in [6.07, 6.45) is 4.73. The van der Waals surface area contributed by atoms with Crippen LogP contribution in [0.4, 0.5) is 0 Å². The van der Waals surface area contributed by atoms with E-state index in [2.05, 4.69) is 17.1 Å². The number of fused-ring (bicyclic) bond motifs is 3. The monoisotopic (exact) mass is 411 g/mol. The molecule has 2 heterocycles. The number of benzene rings is 1. The molecule has 0 bridgehead atoms. The standard InChI is InChI=1S/C22H25N3OS2/c1-14(22(26)25(3)13-16-9-5-4-6-10-16)27-20-19-17-11-7-8-12-18(17)28-21(19)24-15(2)23-20/h4-6,9-10,14H,7-8,11-13H2,1-3H3/t14-/m1/s1. The number of hydrogen-bond acceptors (Lipinski definition) is 5. The van der Waals surface area contributed by atoms with Gasteiger partial charge in [0, 0.05) is 23.9 Å². The van der Waals surface area contributed by atoms with Gasteiger partial charge in [-0.1, -0.05) is 42.1 Å². The second kappa shape index (κ2) is 8.21. The lowest BCUT2D eigenvalue weighted by Gasteiger charge is -2.21. The number of hydrogen-bond donors (Lipinski definition) is 0. The van der Waals surface area contributed by atoms with Gasteiger partial charge in [-0.3, -0.25) is 4.79 Å². The zero-order valence-electron chi connectivity index (χ0n) is 16.6. The average Bonchev–Trinajstić information content (AvgIpc) is 3.06. The fourth-order valence-electron chi connectivity index (χ4n) is 3.77. The van der Waals surface area contributed by atoms with E-state index in [-0.39, 0.29) is 11.2 Å². The smallest absolute Gasteiger partial charge is 0.235 e. The maximum Gasteiger partial charge on any atom is 0.235 e. The van der Waals surface area contributed by atoms with Crippen molar-refractivity contribution >= 4 is 39.2 Å². The molecule has 0 spiro atoms. The molecule has 28 heavy (non-hydrogen) atoms. The molecule has 0 N–H and O–H groups in total. The van der Waals surface area contributed by atoms with Gasteiger partial charge < -0.3 is 4.90 Å². The number of thioether (sulfide) groups is 1. The highest BCUT2D eigenvalue weighted by Gasteiger charge is 2.25. The van der Waals surface area contributed by atoms with Crippen LogP contribution in [-0.2, 0) is 24.2 Å². The highest BCUT2D eigenvalue weighted by atomic mass is 32.2. The van der Waals surface area contributed by atoms with E-state index in [0.29, 0.717) is 6.54 Å². The van der Waals surface area contributed by atoms with Crippen LogP contribution in [0.2, 0.25) is 0 Å². The summed E-state index contributed by atoms with van der Waals surface area (Å²) in [5, 5.41) is 1.97. The molecule has 0 saturated carbocycles. The van der Waals surface area contributed by atoms with Gasteiger partial charge >= 0.3 is 0 Å². The van der Waals surface area contributed by atoms with E-state index in [1.807, 2.05) is 50.4 Å². The van der Waals surface area contributed by atoms with Crippen LogP contribution in [0.1, 0.15) is 41.6 Å². The molecular weight excluding hydrogens is 386 g/mol. The van der Waals surface area contributed by atoms with Gasteiger partial charge in [0.1, 0.15) is 15.7 Å². The largest absolute Gasteiger partial charge is 0.340 e. The molecule has 1 amide bonds. The molecule has 1 atom stereocenters. The first-order chi connectivity index (χ1) is 13.5. The normalized spacial score (nSPS) is 14.7. The Hall–Kier alpha value is -1.92. The van der Waals surface area contributed by atoms with Gasteiger partial charge in [0.2, 0.25) is 5.91 Å². The van der Waals surface area contributed by atoms with Crippen LogP contribution in [0, 0.1) is 6.92 Å². The molecule has 1 aromatic carbocycles. The Kier molecular flexibility index (Phi) is 5.69. The molecule has 0 aliphatic heterocycles. The van der Waals surface area contributed by atoms with E-state index in [1.165, 1.54) is 28.7 Å². The van der Waals surface area contributed by atoms with Crippen molar-refractivity contribution in [3.63, 3.8) is 0 Å². The Labute approximate surface area is 174 Å². The fourth-order valence-corrected chi connectivity index (χ4v) is 6.28. The van der Waals surface area contributed by atoms with Gasteiger partial charge in [-0.05, 0) is 50.7 Å². The summed E-state index contributed by atoms with van der Waals surface area (Å²) in [7, 11) is 1.87. The molecule has 0 radical (unpaired) electrons. The third-order valence-electron chi connectivity index (χ3n) is 5.17. The first kappa shape index (κ1) is 19.4. The van der Waals surface area contributed by atoms with Crippen LogP contribution in [0.5, 0.6) is 0 Å². The van der Waals surface area contributed by atoms with Crippen LogP contribution >= 0.6 is 23.1 Å². The molecule has 3 aromatic rings. The van der Waals surface area contributed by atoms with Crippen molar-refractivity contribution in [2.24, 2.45) is 0 Å². The number of aryl methyl sites for hydroxylation is 3. The summed E-state index contributed by atoms with van der Waals surface area (Å²) in [5.74, 6) is 0.910. The number of thiophene rings is 1. The van der Waals surface area contributed by atoms with E-state index in [1.54, 1.807) is 16.7 Å². The molecule has 1 aliphatic carbocycles. The van der Waals surface area contributed by atoms with Crippen LogP contribution in [0.3, 0.4) is 0 Å². The first-order valence-electron chi connectivity index (χ1n) is 9.77. The summed E-state index contributed by atoms with van der Waals surface area (Å²) >= 11 is 3.39. The maximum atomic E-state index is 13.0. The molecule has 0 fully saturated rings. The summed E-state index contributed by atoms with van der Waals surface area (Å²) in [6.45, 7) is 4.55. The lowest BCUT2D eigenvalue weighted by molar-refractivity contribution is -0.129. The summed E-state index contributed by atoms with van der Waals surface area (Å²) in [4.78, 5) is 26.7. The Balaban J connectivity index is 1.57. The third kappa shape index (κ3) is 3.94. The van der Waals surface area contributed by atoms with Crippen LogP contribution < -0.4 is 0 Å². The predicted octanol–water partition coefficient (Wildman–Crippen LogP) is 5.02. The summed E-state index contributed by atoms with van der Waals surface area (Å²) < 4.78 is 0. The molecule has 2 aromatic heterocycles. The number of rotatable bonds is 5. The molecule has 4 nitrogen and oxygen atoms in total. The average molecular weight is 412 g/mol. The van der Waals surface area contributed by atoms with Crippen LogP contribution in [-0.4, -0.2) is 33.1 Å². The molecular formula is C22H25N3OS2. The maximum absolute atomic E-state index is 13.0. The van der Waals surface area contributed by atoms with E-state index < -0.39 is 0 Å². The third-order valence-corrected chi connectivity index (χ3v) is 7.43. The molecule has 6 heteroatoms. The van der Waals surface area contributed by atoms with Gasteiger partial charge in [0.15, 0.2) is 0 Å². The Bertz CT molecular complexity index is 1000. The summed E-state index contributed by atoms with van der Waals surface area (Å²) in [6, 6.07) is 10.1. The van der Waals surface area contributed by atoms with Crippen molar-refractivity contribution in [1.29, 1.82) is 0 Å². The zero-order chi connectivity index (χ0) is 19.7. The zero-order valence-corrected chi connectivity index (χ0v) is 18.2. The minimum atomic E-state index is -0.189. The van der Waals surface area contributed by atoms with Crippen LogP contribution in [0.25, 0.3) is 10.2 Å². The highest BCUT2D eigenvalue weighted by Crippen LogP contribution is 2.40. The van der Waals surface area contributed by atoms with Crippen molar-refractivity contribution in [2.45, 2.75) is 56.4 Å². The van der Waals surface area contributed by atoms with Gasteiger partial charge in [0.05, 0.1) is 5.25 Å². The van der Waals surface area contributed by atoms with E-state index >= 15 is 0 Å². The lowest BCUT2D eigenvalue weighted by atomic mass is 9.97. The topological polar surface area (TPSA) is 46.1 Å². The summed E-state index contributed by atoms with van der Waals surface area (Å²) in [5.41, 5.74) is 2.56. The van der Waals surface area contributed by atoms with E-state index in [4.69, 9.17) is 4.98 Å². The molecule has 4 rings (SSSR count). The Morgan fingerprint density at radius 3 is 2.75 bits per heavy atom. The molecule has 146 valence electrons. The number of aromatic nitrogens is 2. The number of carbonyl (C=O) groups excluding carboxylic acids is 1. The Morgan fingerprint density at radius 2 is 1.96 bits per heavy atom.